The highest BCUT2D eigenvalue weighted by Crippen LogP contribution is 2.24. The van der Waals surface area contributed by atoms with Crippen LogP contribution in [0.25, 0.3) is 5.57 Å². The first-order chi connectivity index (χ1) is 7.34. The molecule has 0 aliphatic carbocycles. The molecule has 86 valence electrons. The SMILES string of the molecule is CC(=C(F)C(=O)O)c1cc(F)c(C)cc1F. The van der Waals surface area contributed by atoms with Gasteiger partial charge in [0, 0.05) is 11.1 Å². The number of rotatable bonds is 2. The fraction of sp³-hybridized carbons (Fsp3) is 0.182. The number of benzene rings is 1. The van der Waals surface area contributed by atoms with Crippen molar-refractivity contribution in [1.82, 2.24) is 0 Å². The lowest BCUT2D eigenvalue weighted by Crippen LogP contribution is -2.00. The van der Waals surface area contributed by atoms with Crippen molar-refractivity contribution >= 4 is 11.5 Å². The van der Waals surface area contributed by atoms with Gasteiger partial charge in [0.15, 0.2) is 0 Å². The summed E-state index contributed by atoms with van der Waals surface area (Å²) in [6, 6.07) is 1.67. The minimum atomic E-state index is -1.81. The molecule has 16 heavy (non-hydrogen) atoms. The molecular weight excluding hydrogens is 221 g/mol. The highest BCUT2D eigenvalue weighted by Gasteiger charge is 2.16. The lowest BCUT2D eigenvalue weighted by atomic mass is 10.0. The van der Waals surface area contributed by atoms with Gasteiger partial charge in [-0.15, -0.1) is 0 Å². The first kappa shape index (κ1) is 12.3. The lowest BCUT2D eigenvalue weighted by molar-refractivity contribution is -0.134. The van der Waals surface area contributed by atoms with Crippen LogP contribution in [0.2, 0.25) is 0 Å². The van der Waals surface area contributed by atoms with Crippen molar-refractivity contribution in [2.75, 3.05) is 0 Å². The molecule has 0 spiro atoms. The Bertz CT molecular complexity index is 478. The van der Waals surface area contributed by atoms with Crippen molar-refractivity contribution in [2.24, 2.45) is 0 Å². The normalized spacial score (nSPS) is 12.3. The molecule has 0 aliphatic rings. The van der Waals surface area contributed by atoms with E-state index in [1.54, 1.807) is 0 Å². The molecule has 0 fully saturated rings. The van der Waals surface area contributed by atoms with E-state index in [1.165, 1.54) is 6.92 Å². The van der Waals surface area contributed by atoms with Gasteiger partial charge in [0.05, 0.1) is 0 Å². The van der Waals surface area contributed by atoms with Crippen LogP contribution in [0.4, 0.5) is 13.2 Å². The summed E-state index contributed by atoms with van der Waals surface area (Å²) in [5.74, 6) is -4.87. The number of hydrogen-bond donors (Lipinski definition) is 1. The molecule has 0 radical (unpaired) electrons. The molecule has 0 aromatic heterocycles. The zero-order chi connectivity index (χ0) is 12.5. The molecule has 1 aromatic carbocycles. The molecule has 0 atom stereocenters. The number of aliphatic carboxylic acids is 1. The van der Waals surface area contributed by atoms with Crippen molar-refractivity contribution in [3.8, 4) is 0 Å². The summed E-state index contributed by atoms with van der Waals surface area (Å²) in [6.07, 6.45) is 0. The Morgan fingerprint density at radius 2 is 1.81 bits per heavy atom. The Morgan fingerprint density at radius 3 is 2.31 bits per heavy atom. The van der Waals surface area contributed by atoms with E-state index in [0.29, 0.717) is 0 Å². The van der Waals surface area contributed by atoms with Gasteiger partial charge in [-0.2, -0.15) is 4.39 Å². The molecule has 1 rings (SSSR count). The van der Waals surface area contributed by atoms with E-state index < -0.39 is 29.0 Å². The predicted octanol–water partition coefficient (Wildman–Crippen LogP) is 3.06. The average Bonchev–Trinajstić information content (AvgIpc) is 2.21. The fourth-order valence-corrected chi connectivity index (χ4v) is 1.21. The largest absolute Gasteiger partial charge is 0.476 e. The Morgan fingerprint density at radius 1 is 1.25 bits per heavy atom. The van der Waals surface area contributed by atoms with Gasteiger partial charge in [-0.05, 0) is 31.5 Å². The summed E-state index contributed by atoms with van der Waals surface area (Å²) in [7, 11) is 0. The zero-order valence-electron chi connectivity index (χ0n) is 8.64. The van der Waals surface area contributed by atoms with E-state index in [-0.39, 0.29) is 11.1 Å². The molecule has 0 aliphatic heterocycles. The van der Waals surface area contributed by atoms with E-state index in [2.05, 4.69) is 0 Å². The molecule has 1 N–H and O–H groups in total. The van der Waals surface area contributed by atoms with Crippen molar-refractivity contribution in [1.29, 1.82) is 0 Å². The van der Waals surface area contributed by atoms with Gasteiger partial charge in [0.2, 0.25) is 5.83 Å². The van der Waals surface area contributed by atoms with Gasteiger partial charge in [0.25, 0.3) is 0 Å². The second kappa shape index (κ2) is 4.38. The Balaban J connectivity index is 3.40. The minimum absolute atomic E-state index is 0.0739. The summed E-state index contributed by atoms with van der Waals surface area (Å²) in [5, 5.41) is 8.38. The summed E-state index contributed by atoms with van der Waals surface area (Å²) in [4.78, 5) is 10.3. The van der Waals surface area contributed by atoms with Crippen molar-refractivity contribution in [3.05, 3.63) is 40.7 Å². The number of allylic oxidation sites excluding steroid dienone is 1. The molecule has 1 aromatic rings. The summed E-state index contributed by atoms with van der Waals surface area (Å²) >= 11 is 0. The number of hydrogen-bond acceptors (Lipinski definition) is 1. The Labute approximate surface area is 90.0 Å². The van der Waals surface area contributed by atoms with Crippen LogP contribution < -0.4 is 0 Å². The number of carboxylic acid groups (broad SMARTS) is 1. The zero-order valence-corrected chi connectivity index (χ0v) is 8.64. The standard InChI is InChI=1S/C11H9F3O2/c1-5-3-9(13)7(4-8(5)12)6(2)10(14)11(15)16/h3-4H,1-2H3,(H,15,16). The van der Waals surface area contributed by atoms with E-state index in [1.807, 2.05) is 0 Å². The number of halogens is 3. The molecule has 0 unspecified atom stereocenters. The summed E-state index contributed by atoms with van der Waals surface area (Å²) in [5.41, 5.74) is -0.753. The van der Waals surface area contributed by atoms with E-state index in [0.717, 1.165) is 19.1 Å². The molecule has 5 heteroatoms. The second-order valence-electron chi connectivity index (χ2n) is 3.33. The van der Waals surface area contributed by atoms with Gasteiger partial charge >= 0.3 is 5.97 Å². The van der Waals surface area contributed by atoms with E-state index in [9.17, 15) is 18.0 Å². The number of carboxylic acids is 1. The lowest BCUT2D eigenvalue weighted by Gasteiger charge is -2.06. The molecule has 2 nitrogen and oxygen atoms in total. The van der Waals surface area contributed by atoms with Crippen LogP contribution in [0.1, 0.15) is 18.1 Å². The van der Waals surface area contributed by atoms with Crippen molar-refractivity contribution in [3.63, 3.8) is 0 Å². The third-order valence-corrected chi connectivity index (χ3v) is 2.17. The van der Waals surface area contributed by atoms with Crippen LogP contribution in [-0.4, -0.2) is 11.1 Å². The highest BCUT2D eigenvalue weighted by molar-refractivity contribution is 5.93. The molecule has 0 saturated carbocycles. The number of aryl methyl sites for hydroxylation is 1. The van der Waals surface area contributed by atoms with E-state index in [4.69, 9.17) is 5.11 Å². The van der Waals surface area contributed by atoms with Gasteiger partial charge < -0.3 is 5.11 Å². The monoisotopic (exact) mass is 230 g/mol. The maximum Gasteiger partial charge on any atom is 0.365 e. The molecular formula is C11H9F3O2. The fourth-order valence-electron chi connectivity index (χ4n) is 1.21. The topological polar surface area (TPSA) is 37.3 Å². The Hall–Kier alpha value is -1.78. The van der Waals surface area contributed by atoms with Crippen molar-refractivity contribution in [2.45, 2.75) is 13.8 Å². The minimum Gasteiger partial charge on any atom is -0.476 e. The summed E-state index contributed by atoms with van der Waals surface area (Å²) < 4.78 is 39.5. The molecule has 0 heterocycles. The third kappa shape index (κ3) is 2.24. The van der Waals surface area contributed by atoms with Gasteiger partial charge in [-0.25, -0.2) is 13.6 Å². The van der Waals surface area contributed by atoms with Crippen LogP contribution in [-0.2, 0) is 4.79 Å². The smallest absolute Gasteiger partial charge is 0.365 e. The molecule has 0 amide bonds. The first-order valence-corrected chi connectivity index (χ1v) is 4.40. The maximum absolute atomic E-state index is 13.3. The molecule has 0 bridgehead atoms. The second-order valence-corrected chi connectivity index (χ2v) is 3.33. The molecule has 0 saturated heterocycles. The van der Waals surface area contributed by atoms with E-state index >= 15 is 0 Å². The summed E-state index contributed by atoms with van der Waals surface area (Å²) in [6.45, 7) is 2.44. The highest BCUT2D eigenvalue weighted by atomic mass is 19.1. The Kier molecular flexibility index (Phi) is 3.37. The third-order valence-electron chi connectivity index (χ3n) is 2.17. The van der Waals surface area contributed by atoms with Crippen LogP contribution >= 0.6 is 0 Å². The van der Waals surface area contributed by atoms with Crippen LogP contribution in [0.5, 0.6) is 0 Å². The van der Waals surface area contributed by atoms with Crippen LogP contribution in [0, 0.1) is 18.6 Å². The van der Waals surface area contributed by atoms with Crippen molar-refractivity contribution < 1.29 is 23.1 Å². The van der Waals surface area contributed by atoms with Crippen LogP contribution in [0.15, 0.2) is 18.0 Å². The quantitative estimate of drug-likeness (QED) is 0.793. The van der Waals surface area contributed by atoms with Crippen LogP contribution in [0.3, 0.4) is 0 Å². The number of carbonyl (C=O) groups is 1. The maximum atomic E-state index is 13.3. The van der Waals surface area contributed by atoms with Gasteiger partial charge in [-0.1, -0.05) is 0 Å². The van der Waals surface area contributed by atoms with Gasteiger partial charge in [-0.3, -0.25) is 0 Å². The predicted molar refractivity (Wildman–Crippen MR) is 52.4 cm³/mol. The average molecular weight is 230 g/mol. The first-order valence-electron chi connectivity index (χ1n) is 4.40. The van der Waals surface area contributed by atoms with Gasteiger partial charge in [0.1, 0.15) is 11.6 Å².